The molecule has 0 saturated heterocycles. The molecule has 1 amide bonds. The van der Waals surface area contributed by atoms with Crippen LogP contribution in [0.25, 0.3) is 10.8 Å². The van der Waals surface area contributed by atoms with Crippen LogP contribution in [0.15, 0.2) is 102 Å². The zero-order chi connectivity index (χ0) is 19.2. The van der Waals surface area contributed by atoms with Gasteiger partial charge in [0.15, 0.2) is 0 Å². The summed E-state index contributed by atoms with van der Waals surface area (Å²) in [6.45, 7) is 0. The number of nitrogens with zero attached hydrogens (tertiary/aromatic N) is 1. The molecule has 1 N–H and O–H groups in total. The van der Waals surface area contributed by atoms with Gasteiger partial charge in [0.2, 0.25) is 0 Å². The predicted molar refractivity (Wildman–Crippen MR) is 112 cm³/mol. The molecule has 0 saturated carbocycles. The molecular weight excluding hydrogens is 348 g/mol. The largest absolute Gasteiger partial charge is 0.457 e. The van der Waals surface area contributed by atoms with Gasteiger partial charge in [-0.05, 0) is 52.7 Å². The van der Waals surface area contributed by atoms with Crippen LogP contribution in [0.2, 0.25) is 0 Å². The Morgan fingerprint density at radius 3 is 2.36 bits per heavy atom. The fourth-order valence-electron chi connectivity index (χ4n) is 2.84. The van der Waals surface area contributed by atoms with Crippen LogP contribution in [0.4, 0.5) is 0 Å². The van der Waals surface area contributed by atoms with Crippen molar-refractivity contribution in [1.82, 2.24) is 5.43 Å². The van der Waals surface area contributed by atoms with E-state index >= 15 is 0 Å². The van der Waals surface area contributed by atoms with E-state index in [0.717, 1.165) is 22.1 Å². The lowest BCUT2D eigenvalue weighted by atomic mass is 10.1. The molecule has 0 unspecified atom stereocenters. The van der Waals surface area contributed by atoms with Gasteiger partial charge in [-0.25, -0.2) is 5.43 Å². The number of fused-ring (bicyclic) bond motifs is 1. The van der Waals surface area contributed by atoms with Crippen molar-refractivity contribution < 1.29 is 9.53 Å². The molecule has 0 fully saturated rings. The SMILES string of the molecule is O=C(NN=Cc1cccc(Oc2ccccc2)c1)c1ccc2ccccc2c1. The third-order valence-corrected chi connectivity index (χ3v) is 4.23. The second kappa shape index (κ2) is 8.18. The number of para-hydroxylation sites is 1. The van der Waals surface area contributed by atoms with Gasteiger partial charge in [0.25, 0.3) is 5.91 Å². The minimum atomic E-state index is -0.251. The minimum Gasteiger partial charge on any atom is -0.457 e. The molecule has 0 aliphatic rings. The molecule has 0 aliphatic heterocycles. The number of amides is 1. The van der Waals surface area contributed by atoms with Gasteiger partial charge in [-0.2, -0.15) is 5.10 Å². The first kappa shape index (κ1) is 17.5. The normalized spacial score (nSPS) is 10.9. The van der Waals surface area contributed by atoms with Crippen LogP contribution in [0.3, 0.4) is 0 Å². The predicted octanol–water partition coefficient (Wildman–Crippen LogP) is 5.40. The standard InChI is InChI=1S/C24H18N2O2/c27-24(21-14-13-19-8-4-5-9-20(19)16-21)26-25-17-18-7-6-12-23(15-18)28-22-10-2-1-3-11-22/h1-17H,(H,26,27). The van der Waals surface area contributed by atoms with Gasteiger partial charge in [0, 0.05) is 5.56 Å². The maximum atomic E-state index is 12.3. The van der Waals surface area contributed by atoms with Gasteiger partial charge in [0.05, 0.1) is 6.21 Å². The van der Waals surface area contributed by atoms with Crippen molar-refractivity contribution in [2.24, 2.45) is 5.10 Å². The van der Waals surface area contributed by atoms with Crippen molar-refractivity contribution in [1.29, 1.82) is 0 Å². The Morgan fingerprint density at radius 1 is 0.750 bits per heavy atom. The number of hydrogen-bond donors (Lipinski definition) is 1. The quantitative estimate of drug-likeness (QED) is 0.380. The summed E-state index contributed by atoms with van der Waals surface area (Å²) in [5, 5.41) is 6.18. The van der Waals surface area contributed by atoms with Gasteiger partial charge in [-0.3, -0.25) is 4.79 Å². The molecule has 136 valence electrons. The average molecular weight is 366 g/mol. The number of nitrogens with one attached hydrogen (secondary N) is 1. The highest BCUT2D eigenvalue weighted by atomic mass is 16.5. The first-order valence-electron chi connectivity index (χ1n) is 8.93. The Bertz CT molecular complexity index is 1140. The van der Waals surface area contributed by atoms with Gasteiger partial charge < -0.3 is 4.74 Å². The molecule has 0 spiro atoms. The van der Waals surface area contributed by atoms with E-state index in [1.807, 2.05) is 91.0 Å². The molecule has 0 bridgehead atoms. The zero-order valence-electron chi connectivity index (χ0n) is 15.1. The lowest BCUT2D eigenvalue weighted by Gasteiger charge is -2.06. The van der Waals surface area contributed by atoms with E-state index in [4.69, 9.17) is 4.74 Å². The van der Waals surface area contributed by atoms with Crippen molar-refractivity contribution in [3.63, 3.8) is 0 Å². The third kappa shape index (κ3) is 4.24. The van der Waals surface area contributed by atoms with E-state index in [1.165, 1.54) is 0 Å². The second-order valence-corrected chi connectivity index (χ2v) is 6.25. The molecule has 4 heteroatoms. The van der Waals surface area contributed by atoms with E-state index in [0.29, 0.717) is 11.3 Å². The highest BCUT2D eigenvalue weighted by Gasteiger charge is 2.05. The van der Waals surface area contributed by atoms with E-state index in [-0.39, 0.29) is 5.91 Å². The van der Waals surface area contributed by atoms with Gasteiger partial charge in [-0.15, -0.1) is 0 Å². The molecular formula is C24H18N2O2. The Labute approximate surface area is 163 Å². The number of ether oxygens (including phenoxy) is 1. The van der Waals surface area contributed by atoms with Gasteiger partial charge >= 0.3 is 0 Å². The summed E-state index contributed by atoms with van der Waals surface area (Å²) >= 11 is 0. The molecule has 4 nitrogen and oxygen atoms in total. The van der Waals surface area contributed by atoms with Crippen LogP contribution in [-0.2, 0) is 0 Å². The maximum Gasteiger partial charge on any atom is 0.271 e. The highest BCUT2D eigenvalue weighted by Crippen LogP contribution is 2.21. The van der Waals surface area contributed by atoms with E-state index in [1.54, 1.807) is 12.3 Å². The summed E-state index contributed by atoms with van der Waals surface area (Å²) in [4.78, 5) is 12.3. The number of hydrazone groups is 1. The Balaban J connectivity index is 1.42. The van der Waals surface area contributed by atoms with Crippen molar-refractivity contribution in [3.8, 4) is 11.5 Å². The molecule has 4 aromatic carbocycles. The lowest BCUT2D eigenvalue weighted by molar-refractivity contribution is 0.0955. The van der Waals surface area contributed by atoms with Gasteiger partial charge in [0.1, 0.15) is 11.5 Å². The molecule has 4 aromatic rings. The first-order valence-corrected chi connectivity index (χ1v) is 8.93. The summed E-state index contributed by atoms with van der Waals surface area (Å²) in [5.41, 5.74) is 3.96. The monoisotopic (exact) mass is 366 g/mol. The van der Waals surface area contributed by atoms with Crippen LogP contribution in [-0.4, -0.2) is 12.1 Å². The zero-order valence-corrected chi connectivity index (χ0v) is 15.1. The Hall–Kier alpha value is -3.92. The minimum absolute atomic E-state index is 0.251. The van der Waals surface area contributed by atoms with Crippen molar-refractivity contribution >= 4 is 22.9 Å². The molecule has 28 heavy (non-hydrogen) atoms. The van der Waals surface area contributed by atoms with Crippen molar-refractivity contribution in [3.05, 3.63) is 108 Å². The number of benzene rings is 4. The lowest BCUT2D eigenvalue weighted by Crippen LogP contribution is -2.17. The van der Waals surface area contributed by atoms with E-state index < -0.39 is 0 Å². The number of carbonyl (C=O) groups is 1. The fraction of sp³-hybridized carbons (Fsp3) is 0. The van der Waals surface area contributed by atoms with Crippen molar-refractivity contribution in [2.75, 3.05) is 0 Å². The number of hydrogen-bond acceptors (Lipinski definition) is 3. The number of carbonyl (C=O) groups excluding carboxylic acids is 1. The highest BCUT2D eigenvalue weighted by molar-refractivity contribution is 5.99. The molecule has 0 heterocycles. The number of rotatable bonds is 5. The van der Waals surface area contributed by atoms with Crippen LogP contribution in [0.5, 0.6) is 11.5 Å². The molecule has 4 rings (SSSR count). The Kier molecular flexibility index (Phi) is 5.11. The average Bonchev–Trinajstić information content (AvgIpc) is 2.74. The molecule has 0 atom stereocenters. The Morgan fingerprint density at radius 2 is 1.50 bits per heavy atom. The van der Waals surface area contributed by atoms with Crippen LogP contribution in [0.1, 0.15) is 15.9 Å². The molecule has 0 aliphatic carbocycles. The van der Waals surface area contributed by atoms with Crippen LogP contribution in [0, 0.1) is 0 Å². The van der Waals surface area contributed by atoms with Crippen LogP contribution >= 0.6 is 0 Å². The maximum absolute atomic E-state index is 12.3. The first-order chi connectivity index (χ1) is 13.8. The van der Waals surface area contributed by atoms with Crippen molar-refractivity contribution in [2.45, 2.75) is 0 Å². The van der Waals surface area contributed by atoms with Gasteiger partial charge in [-0.1, -0.05) is 60.7 Å². The molecule has 0 radical (unpaired) electrons. The smallest absolute Gasteiger partial charge is 0.271 e. The molecule has 0 aromatic heterocycles. The summed E-state index contributed by atoms with van der Waals surface area (Å²) in [6.07, 6.45) is 1.59. The topological polar surface area (TPSA) is 50.7 Å². The third-order valence-electron chi connectivity index (χ3n) is 4.23. The van der Waals surface area contributed by atoms with E-state index in [2.05, 4.69) is 10.5 Å². The van der Waals surface area contributed by atoms with E-state index in [9.17, 15) is 4.79 Å². The fourth-order valence-corrected chi connectivity index (χ4v) is 2.84. The van der Waals surface area contributed by atoms with Crippen LogP contribution < -0.4 is 10.2 Å². The summed E-state index contributed by atoms with van der Waals surface area (Å²) in [7, 11) is 0. The summed E-state index contributed by atoms with van der Waals surface area (Å²) < 4.78 is 5.81. The summed E-state index contributed by atoms with van der Waals surface area (Å²) in [5.74, 6) is 1.22. The summed E-state index contributed by atoms with van der Waals surface area (Å²) in [6, 6.07) is 30.6. The second-order valence-electron chi connectivity index (χ2n) is 6.25.